The maximum atomic E-state index is 14.0. The molecule has 1 heterocycles. The minimum atomic E-state index is -1.03. The van der Waals surface area contributed by atoms with Crippen LogP contribution in [0.3, 0.4) is 0 Å². The van der Waals surface area contributed by atoms with E-state index < -0.39 is 12.0 Å². The molecule has 3 rings (SSSR count). The van der Waals surface area contributed by atoms with E-state index in [2.05, 4.69) is 0 Å². The predicted molar refractivity (Wildman–Crippen MR) is 82.0 cm³/mol. The quantitative estimate of drug-likeness (QED) is 0.946. The van der Waals surface area contributed by atoms with Gasteiger partial charge in [-0.2, -0.15) is 0 Å². The summed E-state index contributed by atoms with van der Waals surface area (Å²) in [5.74, 6) is -0.807. The second-order valence-corrected chi connectivity index (χ2v) is 5.33. The molecule has 1 amide bonds. The molecule has 0 saturated heterocycles. The molecule has 0 aliphatic carbocycles. The van der Waals surface area contributed by atoms with Crippen molar-refractivity contribution in [1.29, 1.82) is 0 Å². The highest BCUT2D eigenvalue weighted by atomic mass is 19.1. The maximum absolute atomic E-state index is 14.0. The van der Waals surface area contributed by atoms with Gasteiger partial charge in [0.15, 0.2) is 6.23 Å². The summed E-state index contributed by atoms with van der Waals surface area (Å²) in [5.41, 5.74) is 1.88. The monoisotopic (exact) mass is 297 g/mol. The van der Waals surface area contributed by atoms with Crippen LogP contribution in [0.2, 0.25) is 0 Å². The number of nitrogens with zero attached hydrogens (tertiary/aromatic N) is 1. The Bertz CT molecular complexity index is 740. The number of halogens is 1. The van der Waals surface area contributed by atoms with Crippen molar-refractivity contribution in [3.8, 4) is 0 Å². The van der Waals surface area contributed by atoms with E-state index >= 15 is 0 Å². The highest BCUT2D eigenvalue weighted by Crippen LogP contribution is 2.33. The van der Waals surface area contributed by atoms with E-state index in [4.69, 9.17) is 0 Å². The van der Waals surface area contributed by atoms with Gasteiger partial charge in [-0.15, -0.1) is 0 Å². The van der Waals surface area contributed by atoms with Crippen LogP contribution < -0.4 is 0 Å². The van der Waals surface area contributed by atoms with Crippen LogP contribution in [0.5, 0.6) is 0 Å². The Hall–Kier alpha value is -2.46. The number of aliphatic hydroxyl groups is 1. The SMILES string of the molecule is CC1=C(c2ccccc2F)C(=O)N(Cc2ccccc2)C1O. The smallest absolute Gasteiger partial charge is 0.257 e. The molecule has 0 spiro atoms. The largest absolute Gasteiger partial charge is 0.369 e. The molecule has 2 aromatic carbocycles. The Morgan fingerprint density at radius 3 is 2.41 bits per heavy atom. The Morgan fingerprint density at radius 2 is 1.73 bits per heavy atom. The fourth-order valence-corrected chi connectivity index (χ4v) is 2.72. The predicted octanol–water partition coefficient (Wildman–Crippen LogP) is 2.96. The molecule has 0 radical (unpaired) electrons. The molecule has 1 N–H and O–H groups in total. The zero-order valence-electron chi connectivity index (χ0n) is 12.2. The molecule has 2 aromatic rings. The van der Waals surface area contributed by atoms with Crippen molar-refractivity contribution in [2.75, 3.05) is 0 Å². The topological polar surface area (TPSA) is 40.5 Å². The lowest BCUT2D eigenvalue weighted by Crippen LogP contribution is -2.34. The van der Waals surface area contributed by atoms with E-state index in [1.54, 1.807) is 25.1 Å². The summed E-state index contributed by atoms with van der Waals surface area (Å²) in [7, 11) is 0. The van der Waals surface area contributed by atoms with Gasteiger partial charge in [0, 0.05) is 12.1 Å². The summed E-state index contributed by atoms with van der Waals surface area (Å²) in [6.45, 7) is 1.95. The average Bonchev–Trinajstić information content (AvgIpc) is 2.73. The molecule has 0 fully saturated rings. The number of carbonyl (C=O) groups is 1. The number of rotatable bonds is 3. The lowest BCUT2D eigenvalue weighted by atomic mass is 10.0. The van der Waals surface area contributed by atoms with Crippen LogP contribution in [0.25, 0.3) is 5.57 Å². The standard InChI is InChI=1S/C18H16FNO2/c1-12-16(14-9-5-6-10-15(14)19)18(22)20(17(12)21)11-13-7-3-2-4-8-13/h2-10,17,21H,11H2,1H3. The van der Waals surface area contributed by atoms with Crippen molar-refractivity contribution in [2.45, 2.75) is 19.7 Å². The normalized spacial score (nSPS) is 18.2. The van der Waals surface area contributed by atoms with Gasteiger partial charge in [0.1, 0.15) is 5.82 Å². The second-order valence-electron chi connectivity index (χ2n) is 5.33. The summed E-state index contributed by atoms with van der Waals surface area (Å²) in [5, 5.41) is 10.3. The van der Waals surface area contributed by atoms with E-state index in [-0.39, 0.29) is 23.6 Å². The number of amides is 1. The fourth-order valence-electron chi connectivity index (χ4n) is 2.72. The summed E-state index contributed by atoms with van der Waals surface area (Å²) < 4.78 is 14.0. The van der Waals surface area contributed by atoms with Gasteiger partial charge in [0.05, 0.1) is 5.57 Å². The average molecular weight is 297 g/mol. The van der Waals surface area contributed by atoms with Gasteiger partial charge in [-0.25, -0.2) is 4.39 Å². The van der Waals surface area contributed by atoms with Crippen LogP contribution in [0.1, 0.15) is 18.1 Å². The molecule has 0 bridgehead atoms. The molecular weight excluding hydrogens is 281 g/mol. The summed E-state index contributed by atoms with van der Waals surface area (Å²) in [4.78, 5) is 14.0. The van der Waals surface area contributed by atoms with Crippen molar-refractivity contribution < 1.29 is 14.3 Å². The van der Waals surface area contributed by atoms with Crippen LogP contribution in [0.15, 0.2) is 60.2 Å². The number of carbonyl (C=O) groups excluding carboxylic acids is 1. The zero-order chi connectivity index (χ0) is 15.7. The molecule has 22 heavy (non-hydrogen) atoms. The van der Waals surface area contributed by atoms with Gasteiger partial charge in [-0.3, -0.25) is 4.79 Å². The summed E-state index contributed by atoms with van der Waals surface area (Å²) in [6.07, 6.45) is -1.03. The van der Waals surface area contributed by atoms with E-state index in [1.165, 1.54) is 11.0 Å². The molecule has 1 aliphatic heterocycles. The zero-order valence-corrected chi connectivity index (χ0v) is 12.2. The van der Waals surface area contributed by atoms with Crippen molar-refractivity contribution in [3.05, 3.63) is 77.1 Å². The lowest BCUT2D eigenvalue weighted by Gasteiger charge is -2.22. The molecule has 1 atom stereocenters. The summed E-state index contributed by atoms with van der Waals surface area (Å²) in [6, 6.07) is 15.5. The van der Waals surface area contributed by atoms with Crippen LogP contribution in [-0.4, -0.2) is 22.1 Å². The number of hydrogen-bond donors (Lipinski definition) is 1. The Morgan fingerprint density at radius 1 is 1.09 bits per heavy atom. The first-order chi connectivity index (χ1) is 10.6. The van der Waals surface area contributed by atoms with E-state index in [0.717, 1.165) is 5.56 Å². The Kier molecular flexibility index (Phi) is 3.77. The molecule has 1 unspecified atom stereocenters. The molecule has 0 aromatic heterocycles. The van der Waals surface area contributed by atoms with Gasteiger partial charge in [-0.1, -0.05) is 48.5 Å². The first-order valence-electron chi connectivity index (χ1n) is 7.08. The van der Waals surface area contributed by atoms with Gasteiger partial charge in [-0.05, 0) is 24.1 Å². The Balaban J connectivity index is 1.94. The second kappa shape index (κ2) is 5.73. The number of hydrogen-bond acceptors (Lipinski definition) is 2. The van der Waals surface area contributed by atoms with E-state index in [1.807, 2.05) is 30.3 Å². The third kappa shape index (κ3) is 2.42. The van der Waals surface area contributed by atoms with Crippen molar-refractivity contribution in [1.82, 2.24) is 4.90 Å². The fraction of sp³-hybridized carbons (Fsp3) is 0.167. The van der Waals surface area contributed by atoms with Crippen molar-refractivity contribution >= 4 is 11.5 Å². The van der Waals surface area contributed by atoms with Crippen molar-refractivity contribution in [2.24, 2.45) is 0 Å². The van der Waals surface area contributed by atoms with Crippen LogP contribution >= 0.6 is 0 Å². The molecule has 3 nitrogen and oxygen atoms in total. The van der Waals surface area contributed by atoms with Gasteiger partial charge < -0.3 is 10.0 Å². The summed E-state index contributed by atoms with van der Waals surface area (Å²) >= 11 is 0. The highest BCUT2D eigenvalue weighted by Gasteiger charge is 2.37. The minimum absolute atomic E-state index is 0.236. The first-order valence-corrected chi connectivity index (χ1v) is 7.08. The minimum Gasteiger partial charge on any atom is -0.369 e. The van der Waals surface area contributed by atoms with Crippen LogP contribution in [0, 0.1) is 5.82 Å². The Labute approximate surface area is 128 Å². The molecule has 112 valence electrons. The van der Waals surface area contributed by atoms with E-state index in [9.17, 15) is 14.3 Å². The first kappa shape index (κ1) is 14.5. The third-order valence-corrected chi connectivity index (χ3v) is 3.89. The van der Waals surface area contributed by atoms with Crippen molar-refractivity contribution in [3.63, 3.8) is 0 Å². The highest BCUT2D eigenvalue weighted by molar-refractivity contribution is 6.22. The van der Waals surface area contributed by atoms with Gasteiger partial charge >= 0.3 is 0 Å². The van der Waals surface area contributed by atoms with Crippen LogP contribution in [-0.2, 0) is 11.3 Å². The molecule has 1 aliphatic rings. The van der Waals surface area contributed by atoms with Gasteiger partial charge in [0.25, 0.3) is 5.91 Å². The maximum Gasteiger partial charge on any atom is 0.257 e. The van der Waals surface area contributed by atoms with E-state index in [0.29, 0.717) is 5.57 Å². The molecule has 0 saturated carbocycles. The number of benzene rings is 2. The molecular formula is C18H16FNO2. The number of aliphatic hydroxyl groups excluding tert-OH is 1. The third-order valence-electron chi connectivity index (χ3n) is 3.89. The molecule has 4 heteroatoms. The van der Waals surface area contributed by atoms with Gasteiger partial charge in [0.2, 0.25) is 0 Å². The van der Waals surface area contributed by atoms with Crippen LogP contribution in [0.4, 0.5) is 4.39 Å². The lowest BCUT2D eigenvalue weighted by molar-refractivity contribution is -0.131.